The summed E-state index contributed by atoms with van der Waals surface area (Å²) >= 11 is 0. The summed E-state index contributed by atoms with van der Waals surface area (Å²) in [6.07, 6.45) is 3.35. The van der Waals surface area contributed by atoms with Gasteiger partial charge in [-0.1, -0.05) is 0 Å². The Labute approximate surface area is 124 Å². The van der Waals surface area contributed by atoms with Crippen LogP contribution in [0.4, 0.5) is 15.8 Å². The topological polar surface area (TPSA) is 44.4 Å². The number of rotatable bonds is 3. The average molecular weight is 291 g/mol. The van der Waals surface area contributed by atoms with Gasteiger partial charge in [0.2, 0.25) is 5.91 Å². The van der Waals surface area contributed by atoms with Crippen molar-refractivity contribution in [1.82, 2.24) is 4.90 Å². The highest BCUT2D eigenvalue weighted by Gasteiger charge is 2.19. The number of benzene rings is 1. The van der Waals surface area contributed by atoms with Crippen LogP contribution >= 0.6 is 0 Å². The van der Waals surface area contributed by atoms with E-state index in [4.69, 9.17) is 0 Å². The van der Waals surface area contributed by atoms with Gasteiger partial charge in [0.25, 0.3) is 0 Å². The molecule has 1 saturated heterocycles. The lowest BCUT2D eigenvalue weighted by Crippen LogP contribution is -2.33. The van der Waals surface area contributed by atoms with E-state index in [1.54, 1.807) is 12.1 Å². The Balaban J connectivity index is 1.65. The van der Waals surface area contributed by atoms with Gasteiger partial charge in [-0.3, -0.25) is 4.79 Å². The summed E-state index contributed by atoms with van der Waals surface area (Å²) in [4.78, 5) is 13.8. The first-order chi connectivity index (χ1) is 10.1. The predicted octanol–water partition coefficient (Wildman–Crippen LogP) is 2.46. The van der Waals surface area contributed by atoms with Crippen LogP contribution in [0.25, 0.3) is 0 Å². The van der Waals surface area contributed by atoms with Gasteiger partial charge >= 0.3 is 0 Å². The molecule has 0 unspecified atom stereocenters. The average Bonchev–Trinajstić information content (AvgIpc) is 2.47. The van der Waals surface area contributed by atoms with Gasteiger partial charge in [-0.05, 0) is 63.0 Å². The molecule has 2 heterocycles. The van der Waals surface area contributed by atoms with Gasteiger partial charge in [-0.25, -0.2) is 4.39 Å². The summed E-state index contributed by atoms with van der Waals surface area (Å²) in [7, 11) is 2.13. The number of nitrogens with one attached hydrogen (secondary N) is 2. The lowest BCUT2D eigenvalue weighted by Gasteiger charge is -2.29. The molecule has 2 aliphatic heterocycles. The van der Waals surface area contributed by atoms with Crippen molar-refractivity contribution in [1.29, 1.82) is 0 Å². The lowest BCUT2D eigenvalue weighted by atomic mass is 9.97. The number of nitrogens with zero attached hydrogens (tertiary/aromatic N) is 1. The number of halogens is 1. The summed E-state index contributed by atoms with van der Waals surface area (Å²) in [5.41, 5.74) is 2.13. The molecule has 2 aliphatic rings. The molecule has 2 N–H and O–H groups in total. The summed E-state index contributed by atoms with van der Waals surface area (Å²) in [5.74, 6) is 0.374. The fourth-order valence-electron chi connectivity index (χ4n) is 3.05. The molecular formula is C16H22FN3O. The molecule has 1 aromatic carbocycles. The van der Waals surface area contributed by atoms with E-state index in [-0.39, 0.29) is 11.7 Å². The maximum atomic E-state index is 14.1. The quantitative estimate of drug-likeness (QED) is 0.899. The Hall–Kier alpha value is -1.62. The fraction of sp³-hybridized carbons (Fsp3) is 0.562. The number of aryl methyl sites for hydroxylation is 1. The zero-order valence-electron chi connectivity index (χ0n) is 12.4. The standard InChI is InChI=1S/C16H22FN3O/c1-20-6-4-11(5-7-20)10-18-15-9-14-12(8-13(15)17)2-3-16(21)19-14/h8-9,11,18H,2-7,10H2,1H3,(H,19,21). The van der Waals surface area contributed by atoms with E-state index in [0.717, 1.165) is 43.7 Å². The van der Waals surface area contributed by atoms with Crippen molar-refractivity contribution < 1.29 is 9.18 Å². The summed E-state index contributed by atoms with van der Waals surface area (Å²) in [6.45, 7) is 3.00. The van der Waals surface area contributed by atoms with Crippen LogP contribution in [-0.2, 0) is 11.2 Å². The summed E-state index contributed by atoms with van der Waals surface area (Å²) < 4.78 is 14.1. The molecule has 0 aromatic heterocycles. The summed E-state index contributed by atoms with van der Waals surface area (Å²) in [5, 5.41) is 6.04. The number of anilines is 2. The molecule has 0 aliphatic carbocycles. The first kappa shape index (κ1) is 14.3. The van der Waals surface area contributed by atoms with Gasteiger partial charge in [-0.2, -0.15) is 0 Å². The number of carbonyl (C=O) groups excluding carboxylic acids is 1. The number of amides is 1. The minimum Gasteiger partial charge on any atom is -0.382 e. The molecule has 0 radical (unpaired) electrons. The van der Waals surface area contributed by atoms with Crippen LogP contribution in [0.15, 0.2) is 12.1 Å². The van der Waals surface area contributed by atoms with Crippen LogP contribution in [0.5, 0.6) is 0 Å². The molecule has 5 heteroatoms. The van der Waals surface area contributed by atoms with Crippen LogP contribution in [-0.4, -0.2) is 37.5 Å². The van der Waals surface area contributed by atoms with E-state index in [9.17, 15) is 9.18 Å². The molecule has 0 bridgehead atoms. The molecule has 21 heavy (non-hydrogen) atoms. The number of hydrogen-bond donors (Lipinski definition) is 2. The maximum Gasteiger partial charge on any atom is 0.224 e. The molecule has 3 rings (SSSR count). The Morgan fingerprint density at radius 3 is 2.86 bits per heavy atom. The van der Waals surface area contributed by atoms with E-state index in [1.807, 2.05) is 0 Å². The van der Waals surface area contributed by atoms with Crippen molar-refractivity contribution in [3.8, 4) is 0 Å². The molecular weight excluding hydrogens is 269 g/mol. The molecule has 0 spiro atoms. The minimum absolute atomic E-state index is 0.00961. The Bertz CT molecular complexity index is 539. The maximum absolute atomic E-state index is 14.1. The van der Waals surface area contributed by atoms with Crippen LogP contribution in [0, 0.1) is 11.7 Å². The van der Waals surface area contributed by atoms with E-state index in [0.29, 0.717) is 24.4 Å². The Morgan fingerprint density at radius 2 is 2.10 bits per heavy atom. The van der Waals surface area contributed by atoms with Crippen molar-refractivity contribution in [2.24, 2.45) is 5.92 Å². The second-order valence-electron chi connectivity index (χ2n) is 6.16. The first-order valence-corrected chi connectivity index (χ1v) is 7.66. The highest BCUT2D eigenvalue weighted by Crippen LogP contribution is 2.29. The van der Waals surface area contributed by atoms with Crippen molar-refractivity contribution >= 4 is 17.3 Å². The monoisotopic (exact) mass is 291 g/mol. The number of fused-ring (bicyclic) bond motifs is 1. The van der Waals surface area contributed by atoms with Crippen molar-refractivity contribution in [2.45, 2.75) is 25.7 Å². The van der Waals surface area contributed by atoms with Crippen molar-refractivity contribution in [3.05, 3.63) is 23.5 Å². The highest BCUT2D eigenvalue weighted by atomic mass is 19.1. The summed E-state index contributed by atoms with van der Waals surface area (Å²) in [6, 6.07) is 3.28. The van der Waals surface area contributed by atoms with E-state index >= 15 is 0 Å². The number of hydrogen-bond acceptors (Lipinski definition) is 3. The zero-order valence-corrected chi connectivity index (χ0v) is 12.4. The van der Waals surface area contributed by atoms with Gasteiger partial charge in [0.05, 0.1) is 5.69 Å². The molecule has 1 fully saturated rings. The van der Waals surface area contributed by atoms with Crippen molar-refractivity contribution in [3.63, 3.8) is 0 Å². The second-order valence-corrected chi connectivity index (χ2v) is 6.16. The van der Waals surface area contributed by atoms with Gasteiger partial charge in [0.1, 0.15) is 5.82 Å². The third-order valence-corrected chi connectivity index (χ3v) is 4.51. The molecule has 114 valence electrons. The minimum atomic E-state index is -0.224. The van der Waals surface area contributed by atoms with Crippen LogP contribution in [0.3, 0.4) is 0 Å². The van der Waals surface area contributed by atoms with Crippen molar-refractivity contribution in [2.75, 3.05) is 37.3 Å². The lowest BCUT2D eigenvalue weighted by molar-refractivity contribution is -0.116. The van der Waals surface area contributed by atoms with E-state index < -0.39 is 0 Å². The fourth-order valence-corrected chi connectivity index (χ4v) is 3.05. The first-order valence-electron chi connectivity index (χ1n) is 7.66. The van der Waals surface area contributed by atoms with Crippen LogP contribution in [0.2, 0.25) is 0 Å². The molecule has 4 nitrogen and oxygen atoms in total. The smallest absolute Gasteiger partial charge is 0.224 e. The largest absolute Gasteiger partial charge is 0.382 e. The highest BCUT2D eigenvalue weighted by molar-refractivity contribution is 5.94. The van der Waals surface area contributed by atoms with E-state index in [1.165, 1.54) is 0 Å². The molecule has 1 amide bonds. The van der Waals surface area contributed by atoms with Gasteiger partial charge in [0, 0.05) is 18.7 Å². The van der Waals surface area contributed by atoms with Crippen LogP contribution < -0.4 is 10.6 Å². The SMILES string of the molecule is CN1CCC(CNc2cc3c(cc2F)CCC(=O)N3)CC1. The molecule has 1 aromatic rings. The number of likely N-dealkylation sites (tertiary alicyclic amines) is 1. The van der Waals surface area contributed by atoms with Gasteiger partial charge in [0.15, 0.2) is 0 Å². The Kier molecular flexibility index (Phi) is 4.10. The van der Waals surface area contributed by atoms with Crippen LogP contribution in [0.1, 0.15) is 24.8 Å². The predicted molar refractivity (Wildman–Crippen MR) is 82.1 cm³/mol. The number of carbonyl (C=O) groups is 1. The number of piperidine rings is 1. The normalized spacial score (nSPS) is 20.0. The Morgan fingerprint density at radius 1 is 1.33 bits per heavy atom. The van der Waals surface area contributed by atoms with Gasteiger partial charge < -0.3 is 15.5 Å². The zero-order chi connectivity index (χ0) is 14.8. The molecule has 0 atom stereocenters. The molecule has 0 saturated carbocycles. The third-order valence-electron chi connectivity index (χ3n) is 4.51. The third kappa shape index (κ3) is 3.35. The van der Waals surface area contributed by atoms with Gasteiger partial charge in [-0.15, -0.1) is 0 Å². The van der Waals surface area contributed by atoms with E-state index in [2.05, 4.69) is 22.6 Å². The second kappa shape index (κ2) is 6.02.